The van der Waals surface area contributed by atoms with Crippen LogP contribution in [0.3, 0.4) is 0 Å². The summed E-state index contributed by atoms with van der Waals surface area (Å²) in [4.78, 5) is 12.6. The van der Waals surface area contributed by atoms with Crippen molar-refractivity contribution in [2.75, 3.05) is 30.7 Å². The minimum Gasteiger partial charge on any atom is -0.433 e. The predicted molar refractivity (Wildman–Crippen MR) is 101 cm³/mol. The van der Waals surface area contributed by atoms with Gasteiger partial charge in [0.15, 0.2) is 5.75 Å². The monoisotopic (exact) mass is 456 g/mol. The van der Waals surface area contributed by atoms with Crippen LogP contribution in [0.1, 0.15) is 17.3 Å². The van der Waals surface area contributed by atoms with E-state index in [-0.39, 0.29) is 18.1 Å². The van der Waals surface area contributed by atoms with Gasteiger partial charge < -0.3 is 9.47 Å². The number of hydrogen-bond acceptors (Lipinski definition) is 9. The highest BCUT2D eigenvalue weighted by molar-refractivity contribution is 7.92. The second-order valence-electron chi connectivity index (χ2n) is 5.45. The van der Waals surface area contributed by atoms with Gasteiger partial charge in [-0.25, -0.2) is 14.0 Å². The summed E-state index contributed by atoms with van der Waals surface area (Å²) in [6.07, 6.45) is 0. The topological polar surface area (TPSA) is 133 Å². The molecule has 1 aromatic carbocycles. The van der Waals surface area contributed by atoms with Crippen molar-refractivity contribution in [3.63, 3.8) is 0 Å². The molecule has 15 heteroatoms. The summed E-state index contributed by atoms with van der Waals surface area (Å²) < 4.78 is 60.8. The maximum absolute atomic E-state index is 12.7. The van der Waals surface area contributed by atoms with Gasteiger partial charge in [-0.1, -0.05) is 11.6 Å². The minimum absolute atomic E-state index is 0.128. The van der Waals surface area contributed by atoms with Crippen LogP contribution in [0.4, 0.5) is 14.5 Å². The molecule has 1 aliphatic rings. The van der Waals surface area contributed by atoms with Crippen molar-refractivity contribution >= 4 is 39.2 Å². The van der Waals surface area contributed by atoms with Gasteiger partial charge in [0.05, 0.1) is 22.9 Å². The molecule has 1 amide bonds. The van der Waals surface area contributed by atoms with Gasteiger partial charge in [0.25, 0.3) is 5.91 Å². The predicted octanol–water partition coefficient (Wildman–Crippen LogP) is 0.675. The molecule has 0 atom stereocenters. The van der Waals surface area contributed by atoms with E-state index in [0.29, 0.717) is 6.54 Å². The van der Waals surface area contributed by atoms with Crippen LogP contribution in [0, 0.1) is 0 Å². The minimum atomic E-state index is -4.02. The van der Waals surface area contributed by atoms with Gasteiger partial charge in [-0.2, -0.15) is 8.78 Å². The first kappa shape index (κ1) is 22.9. The Labute approximate surface area is 170 Å². The van der Waals surface area contributed by atoms with Gasteiger partial charge in [0.1, 0.15) is 5.69 Å². The number of nitrogens with zero attached hydrogens (tertiary/aromatic N) is 2. The average Bonchev–Trinajstić information content (AvgIpc) is 3.09. The number of hydrazone groups is 1. The Morgan fingerprint density at radius 2 is 2.14 bits per heavy atom. The van der Waals surface area contributed by atoms with E-state index in [1.807, 2.05) is 0 Å². The molecule has 2 rings (SSSR count). The molecule has 0 fully saturated rings. The highest BCUT2D eigenvalue weighted by Crippen LogP contribution is 2.37. The molecule has 0 saturated carbocycles. The SMILES string of the molecule is CCN1NNN=C1NC(=O)c1ccc(OC(F)F)c(NS(=O)(=O)CCOC)c1Cl. The molecular weight excluding hydrogens is 438 g/mol. The molecule has 4 N–H and O–H groups in total. The lowest BCUT2D eigenvalue weighted by molar-refractivity contribution is -0.0493. The van der Waals surface area contributed by atoms with Crippen LogP contribution < -0.4 is 25.8 Å². The largest absolute Gasteiger partial charge is 0.433 e. The van der Waals surface area contributed by atoms with Crippen LogP contribution in [0.2, 0.25) is 5.02 Å². The lowest BCUT2D eigenvalue weighted by Gasteiger charge is -2.18. The summed E-state index contributed by atoms with van der Waals surface area (Å²) in [7, 11) is -2.72. The number of carbonyl (C=O) groups is 1. The zero-order valence-corrected chi connectivity index (χ0v) is 16.9. The third-order valence-corrected chi connectivity index (χ3v) is 5.13. The fourth-order valence-corrected chi connectivity index (χ4v) is 3.51. The normalized spacial score (nSPS) is 13.9. The maximum atomic E-state index is 12.7. The Kier molecular flexibility index (Phi) is 7.78. The third kappa shape index (κ3) is 6.03. The zero-order chi connectivity index (χ0) is 21.6. The number of methoxy groups -OCH3 is 1. The van der Waals surface area contributed by atoms with Crippen molar-refractivity contribution in [2.24, 2.45) is 5.10 Å². The lowest BCUT2D eigenvalue weighted by Crippen LogP contribution is -2.47. The third-order valence-electron chi connectivity index (χ3n) is 3.52. The molecule has 0 aromatic heterocycles. The van der Waals surface area contributed by atoms with Gasteiger partial charge in [0.2, 0.25) is 16.0 Å². The first-order chi connectivity index (χ1) is 13.7. The molecule has 11 nitrogen and oxygen atoms in total. The highest BCUT2D eigenvalue weighted by atomic mass is 35.5. The molecule has 1 aliphatic heterocycles. The Morgan fingerprint density at radius 3 is 2.76 bits per heavy atom. The molecule has 29 heavy (non-hydrogen) atoms. The number of alkyl halides is 2. The van der Waals surface area contributed by atoms with Gasteiger partial charge in [0, 0.05) is 13.7 Å². The van der Waals surface area contributed by atoms with Crippen molar-refractivity contribution in [3.8, 4) is 5.75 Å². The number of benzene rings is 1. The molecule has 0 saturated heterocycles. The number of guanidine groups is 1. The van der Waals surface area contributed by atoms with Crippen LogP contribution >= 0.6 is 11.6 Å². The molecule has 1 aromatic rings. The van der Waals surface area contributed by atoms with E-state index < -0.39 is 44.8 Å². The second kappa shape index (κ2) is 9.87. The fraction of sp³-hybridized carbons (Fsp3) is 0.429. The summed E-state index contributed by atoms with van der Waals surface area (Å²) in [5.41, 5.74) is 4.41. The standard InChI is InChI=1S/C14H19ClF2N6O5S/c1-3-23-14(19-21-22-23)18-12(24)8-4-5-9(28-13(16)17)11(10(8)15)20-29(25,26)7-6-27-2/h4-5,13,20-22H,3,6-7H2,1-2H3,(H,18,19,24). The number of carbonyl (C=O) groups excluding carboxylic acids is 1. The smallest absolute Gasteiger partial charge is 0.387 e. The Morgan fingerprint density at radius 1 is 1.41 bits per heavy atom. The molecule has 0 bridgehead atoms. The van der Waals surface area contributed by atoms with E-state index in [4.69, 9.17) is 16.3 Å². The first-order valence-corrected chi connectivity index (χ1v) is 10.2. The van der Waals surface area contributed by atoms with Gasteiger partial charge in [-0.05, 0) is 19.1 Å². The molecule has 0 radical (unpaired) electrons. The van der Waals surface area contributed by atoms with Crippen molar-refractivity contribution < 1.29 is 31.5 Å². The number of halogens is 3. The quantitative estimate of drug-likeness (QED) is 0.426. The molecular formula is C14H19ClF2N6O5S. The van der Waals surface area contributed by atoms with Crippen molar-refractivity contribution in [3.05, 3.63) is 22.7 Å². The van der Waals surface area contributed by atoms with Crippen molar-refractivity contribution in [1.82, 2.24) is 21.4 Å². The van der Waals surface area contributed by atoms with Crippen LogP contribution in [0.15, 0.2) is 17.2 Å². The van der Waals surface area contributed by atoms with Crippen LogP contribution in [-0.2, 0) is 14.8 Å². The molecule has 0 unspecified atom stereocenters. The van der Waals surface area contributed by atoms with Gasteiger partial charge >= 0.3 is 6.61 Å². The number of nitrogens with one attached hydrogen (secondary N) is 4. The average molecular weight is 457 g/mol. The Balaban J connectivity index is 2.36. The number of anilines is 1. The fourth-order valence-electron chi connectivity index (χ4n) is 2.17. The number of ether oxygens (including phenoxy) is 2. The lowest BCUT2D eigenvalue weighted by atomic mass is 10.1. The summed E-state index contributed by atoms with van der Waals surface area (Å²) >= 11 is 6.16. The first-order valence-electron chi connectivity index (χ1n) is 8.12. The zero-order valence-electron chi connectivity index (χ0n) is 15.3. The molecule has 0 spiro atoms. The second-order valence-corrected chi connectivity index (χ2v) is 7.67. The van der Waals surface area contributed by atoms with Crippen molar-refractivity contribution in [2.45, 2.75) is 13.5 Å². The Hall–Kier alpha value is -2.42. The van der Waals surface area contributed by atoms with E-state index in [1.54, 1.807) is 6.92 Å². The highest BCUT2D eigenvalue weighted by Gasteiger charge is 2.25. The van der Waals surface area contributed by atoms with Crippen molar-refractivity contribution in [1.29, 1.82) is 0 Å². The molecule has 162 valence electrons. The molecule has 1 heterocycles. The van der Waals surface area contributed by atoms with E-state index >= 15 is 0 Å². The summed E-state index contributed by atoms with van der Waals surface area (Å²) in [6.45, 7) is -1.15. The maximum Gasteiger partial charge on any atom is 0.387 e. The number of sulfonamides is 1. The van der Waals surface area contributed by atoms with Crippen LogP contribution in [-0.4, -0.2) is 57.9 Å². The van der Waals surface area contributed by atoms with E-state index in [2.05, 4.69) is 30.9 Å². The van der Waals surface area contributed by atoms with Crippen LogP contribution in [0.25, 0.3) is 0 Å². The Bertz CT molecular complexity index is 885. The number of hydrogen-bond donors (Lipinski definition) is 4. The number of hydrazine groups is 2. The van der Waals surface area contributed by atoms with Crippen LogP contribution in [0.5, 0.6) is 5.75 Å². The van der Waals surface area contributed by atoms with Gasteiger partial charge in [-0.3, -0.25) is 19.8 Å². The van der Waals surface area contributed by atoms with Gasteiger partial charge in [-0.15, -0.1) is 10.6 Å². The van der Waals surface area contributed by atoms with E-state index in [1.165, 1.54) is 12.1 Å². The number of amides is 1. The number of rotatable bonds is 9. The van der Waals surface area contributed by atoms with E-state index in [9.17, 15) is 22.0 Å². The summed E-state index contributed by atoms with van der Waals surface area (Å²) in [5.74, 6) is -1.63. The van der Waals surface area contributed by atoms with E-state index in [0.717, 1.165) is 12.1 Å². The molecule has 0 aliphatic carbocycles. The summed E-state index contributed by atoms with van der Waals surface area (Å²) in [6, 6.07) is 2.13. The summed E-state index contributed by atoms with van der Waals surface area (Å²) in [5, 5.41) is 7.32.